The number of halogens is 4. The fourth-order valence-electron chi connectivity index (χ4n) is 2.35. The number of hydrogen-bond donors (Lipinski definition) is 0. The van der Waals surface area contributed by atoms with Crippen LogP contribution in [-0.2, 0) is 6.18 Å². The first kappa shape index (κ1) is 15.4. The molecule has 2 rings (SSSR count). The molecule has 0 aliphatic carbocycles. The molecule has 0 spiro atoms. The highest BCUT2D eigenvalue weighted by molar-refractivity contribution is 6.29. The van der Waals surface area contributed by atoms with E-state index in [0.717, 1.165) is 19.3 Å². The van der Waals surface area contributed by atoms with Gasteiger partial charge in [0.25, 0.3) is 0 Å². The summed E-state index contributed by atoms with van der Waals surface area (Å²) in [5, 5.41) is -0.175. The van der Waals surface area contributed by atoms with Crippen molar-refractivity contribution in [3.63, 3.8) is 0 Å². The molecule has 20 heavy (non-hydrogen) atoms. The van der Waals surface area contributed by atoms with Crippen LogP contribution < -0.4 is 4.90 Å². The van der Waals surface area contributed by atoms with Gasteiger partial charge in [-0.05, 0) is 24.7 Å². The van der Waals surface area contributed by atoms with E-state index in [2.05, 4.69) is 23.8 Å². The minimum atomic E-state index is -4.58. The van der Waals surface area contributed by atoms with E-state index in [9.17, 15) is 13.2 Å². The van der Waals surface area contributed by atoms with Gasteiger partial charge in [-0.25, -0.2) is 9.97 Å². The third-order valence-electron chi connectivity index (χ3n) is 3.60. The van der Waals surface area contributed by atoms with E-state index >= 15 is 0 Å². The molecule has 0 saturated carbocycles. The van der Waals surface area contributed by atoms with E-state index < -0.39 is 12.0 Å². The van der Waals surface area contributed by atoms with Crippen molar-refractivity contribution in [3.8, 4) is 0 Å². The Morgan fingerprint density at radius 1 is 1.20 bits per heavy atom. The lowest BCUT2D eigenvalue weighted by Crippen LogP contribution is -2.27. The lowest BCUT2D eigenvalue weighted by molar-refractivity contribution is -0.144. The zero-order valence-electron chi connectivity index (χ0n) is 11.5. The molecule has 0 radical (unpaired) electrons. The maximum atomic E-state index is 12.7. The molecule has 2 heterocycles. The summed E-state index contributed by atoms with van der Waals surface area (Å²) in [6, 6.07) is 1.40. The van der Waals surface area contributed by atoms with Crippen molar-refractivity contribution in [1.29, 1.82) is 0 Å². The second-order valence-corrected chi connectivity index (χ2v) is 6.26. The molecule has 1 aliphatic rings. The smallest absolute Gasteiger partial charge is 0.356 e. The molecule has 0 atom stereocenters. The van der Waals surface area contributed by atoms with E-state index in [4.69, 9.17) is 11.6 Å². The SMILES string of the molecule is CC1(C)CCCN(c2cc(Cl)nc(C(F)(F)F)n2)CC1. The first-order chi connectivity index (χ1) is 9.17. The standard InChI is InChI=1S/C13H17ClF3N3/c1-12(2)4-3-6-20(7-5-12)10-8-9(14)18-11(19-10)13(15,16)17/h8H,3-7H2,1-2H3. The monoisotopic (exact) mass is 307 g/mol. The molecule has 1 aromatic heterocycles. The normalized spacial score (nSPS) is 19.8. The van der Waals surface area contributed by atoms with Crippen LogP contribution in [0.4, 0.5) is 19.0 Å². The van der Waals surface area contributed by atoms with Gasteiger partial charge in [0.1, 0.15) is 11.0 Å². The van der Waals surface area contributed by atoms with Gasteiger partial charge in [0.05, 0.1) is 0 Å². The summed E-state index contributed by atoms with van der Waals surface area (Å²) in [7, 11) is 0. The van der Waals surface area contributed by atoms with Crippen molar-refractivity contribution in [2.45, 2.75) is 39.3 Å². The van der Waals surface area contributed by atoms with Gasteiger partial charge in [0, 0.05) is 19.2 Å². The van der Waals surface area contributed by atoms with Crippen LogP contribution in [-0.4, -0.2) is 23.1 Å². The Labute approximate surface area is 121 Å². The van der Waals surface area contributed by atoms with Gasteiger partial charge >= 0.3 is 6.18 Å². The molecule has 0 unspecified atom stereocenters. The molecule has 0 amide bonds. The fourth-order valence-corrected chi connectivity index (χ4v) is 2.52. The maximum absolute atomic E-state index is 12.7. The predicted octanol–water partition coefficient (Wildman–Crippen LogP) is 4.17. The maximum Gasteiger partial charge on any atom is 0.451 e. The van der Waals surface area contributed by atoms with Crippen molar-refractivity contribution in [2.24, 2.45) is 5.41 Å². The second kappa shape index (κ2) is 5.39. The van der Waals surface area contributed by atoms with Crippen molar-refractivity contribution in [3.05, 3.63) is 17.0 Å². The van der Waals surface area contributed by atoms with Crippen LogP contribution in [0.5, 0.6) is 0 Å². The quantitative estimate of drug-likeness (QED) is 0.729. The molecule has 0 bridgehead atoms. The largest absolute Gasteiger partial charge is 0.451 e. The van der Waals surface area contributed by atoms with Gasteiger partial charge in [-0.15, -0.1) is 0 Å². The summed E-state index contributed by atoms with van der Waals surface area (Å²) in [5.41, 5.74) is 0.207. The Kier molecular flexibility index (Phi) is 4.14. The van der Waals surface area contributed by atoms with Crippen LogP contribution >= 0.6 is 11.6 Å². The van der Waals surface area contributed by atoms with Crippen LogP contribution in [0.3, 0.4) is 0 Å². The molecule has 112 valence electrons. The third-order valence-corrected chi connectivity index (χ3v) is 3.79. The minimum absolute atomic E-state index is 0.175. The highest BCUT2D eigenvalue weighted by Crippen LogP contribution is 2.33. The van der Waals surface area contributed by atoms with Gasteiger partial charge in [-0.1, -0.05) is 25.4 Å². The first-order valence-corrected chi connectivity index (χ1v) is 6.92. The van der Waals surface area contributed by atoms with Gasteiger partial charge in [0.15, 0.2) is 0 Å². The Balaban J connectivity index is 2.26. The van der Waals surface area contributed by atoms with Gasteiger partial charge in [-0.2, -0.15) is 13.2 Å². The summed E-state index contributed by atoms with van der Waals surface area (Å²) < 4.78 is 38.1. The highest BCUT2D eigenvalue weighted by atomic mass is 35.5. The minimum Gasteiger partial charge on any atom is -0.356 e. The lowest BCUT2D eigenvalue weighted by atomic mass is 9.85. The molecule has 1 fully saturated rings. The van der Waals surface area contributed by atoms with E-state index in [-0.39, 0.29) is 16.4 Å². The summed E-state index contributed by atoms with van der Waals surface area (Å²) in [6.45, 7) is 5.71. The Hall–Kier alpha value is -1.04. The number of hydrogen-bond acceptors (Lipinski definition) is 3. The Morgan fingerprint density at radius 3 is 2.55 bits per heavy atom. The summed E-state index contributed by atoms with van der Waals surface area (Å²) in [4.78, 5) is 8.74. The van der Waals surface area contributed by atoms with Gasteiger partial charge in [0.2, 0.25) is 5.82 Å². The van der Waals surface area contributed by atoms with Crippen LogP contribution in [0.25, 0.3) is 0 Å². The molecule has 1 aliphatic heterocycles. The lowest BCUT2D eigenvalue weighted by Gasteiger charge is -2.24. The van der Waals surface area contributed by atoms with Crippen LogP contribution in [0.1, 0.15) is 38.9 Å². The average Bonchev–Trinajstić information content (AvgIpc) is 2.48. The van der Waals surface area contributed by atoms with Crippen molar-refractivity contribution in [1.82, 2.24) is 9.97 Å². The fraction of sp³-hybridized carbons (Fsp3) is 0.692. The van der Waals surface area contributed by atoms with E-state index in [1.165, 1.54) is 6.07 Å². The predicted molar refractivity (Wildman–Crippen MR) is 71.9 cm³/mol. The van der Waals surface area contributed by atoms with Gasteiger partial charge in [-0.3, -0.25) is 0 Å². The molecule has 1 aromatic rings. The average molecular weight is 308 g/mol. The highest BCUT2D eigenvalue weighted by Gasteiger charge is 2.36. The van der Waals surface area contributed by atoms with Crippen LogP contribution in [0.15, 0.2) is 6.07 Å². The van der Waals surface area contributed by atoms with Gasteiger partial charge < -0.3 is 4.90 Å². The van der Waals surface area contributed by atoms with Crippen molar-refractivity contribution < 1.29 is 13.2 Å². The van der Waals surface area contributed by atoms with Crippen molar-refractivity contribution in [2.75, 3.05) is 18.0 Å². The molecule has 7 heteroatoms. The summed E-state index contributed by atoms with van der Waals surface area (Å²) >= 11 is 5.69. The third kappa shape index (κ3) is 3.75. The molecule has 0 aromatic carbocycles. The number of alkyl halides is 3. The molecule has 3 nitrogen and oxygen atoms in total. The number of anilines is 1. The molecule has 0 N–H and O–H groups in total. The topological polar surface area (TPSA) is 29.0 Å². The second-order valence-electron chi connectivity index (χ2n) is 5.88. The van der Waals surface area contributed by atoms with E-state index in [1.807, 2.05) is 4.90 Å². The van der Waals surface area contributed by atoms with Crippen molar-refractivity contribution >= 4 is 17.4 Å². The number of rotatable bonds is 1. The summed E-state index contributed by atoms with van der Waals surface area (Å²) in [6.07, 6.45) is -1.69. The molecular weight excluding hydrogens is 291 g/mol. The zero-order valence-corrected chi connectivity index (χ0v) is 12.2. The number of nitrogens with zero attached hydrogens (tertiary/aromatic N) is 3. The molecule has 1 saturated heterocycles. The van der Waals surface area contributed by atoms with Crippen LogP contribution in [0, 0.1) is 5.41 Å². The van der Waals surface area contributed by atoms with E-state index in [1.54, 1.807) is 0 Å². The number of aromatic nitrogens is 2. The zero-order chi connectivity index (χ0) is 15.0. The summed E-state index contributed by atoms with van der Waals surface area (Å²) in [5.74, 6) is -0.918. The van der Waals surface area contributed by atoms with E-state index in [0.29, 0.717) is 13.1 Å². The molecular formula is C13H17ClF3N3. The van der Waals surface area contributed by atoms with Crippen LogP contribution in [0.2, 0.25) is 5.15 Å². The first-order valence-electron chi connectivity index (χ1n) is 6.54. The Bertz CT molecular complexity index is 488. The Morgan fingerprint density at radius 2 is 1.90 bits per heavy atom.